The predicted octanol–water partition coefficient (Wildman–Crippen LogP) is 2.13. The van der Waals surface area contributed by atoms with Crippen molar-refractivity contribution in [1.29, 1.82) is 0 Å². The number of hydrogen-bond acceptors (Lipinski definition) is 5. The van der Waals surface area contributed by atoms with Gasteiger partial charge in [-0.25, -0.2) is 0 Å². The average molecular weight is 398 g/mol. The molecule has 6 nitrogen and oxygen atoms in total. The Kier molecular flexibility index (Phi) is 9.34. The highest BCUT2D eigenvalue weighted by Gasteiger charge is 2.16. The van der Waals surface area contributed by atoms with Gasteiger partial charge in [0.1, 0.15) is 18.5 Å². The van der Waals surface area contributed by atoms with Crippen LogP contribution < -0.4 is 10.1 Å². The first-order valence-corrected chi connectivity index (χ1v) is 10.1. The zero-order chi connectivity index (χ0) is 19.6. The number of aliphatic hydroxyl groups is 1. The number of amides is 1. The molecule has 27 heavy (non-hydrogen) atoms. The second kappa shape index (κ2) is 11.5. The lowest BCUT2D eigenvalue weighted by Gasteiger charge is -2.24. The molecule has 0 aromatic heterocycles. The molecule has 2 N–H and O–H groups in total. The van der Waals surface area contributed by atoms with Crippen molar-refractivity contribution in [1.82, 2.24) is 15.1 Å². The third kappa shape index (κ3) is 8.05. The Labute approximate surface area is 167 Å². The molecule has 1 heterocycles. The molecule has 0 unspecified atom stereocenters. The van der Waals surface area contributed by atoms with Gasteiger partial charge in [0.15, 0.2) is 0 Å². The van der Waals surface area contributed by atoms with Gasteiger partial charge in [-0.2, -0.15) is 0 Å². The van der Waals surface area contributed by atoms with Gasteiger partial charge in [-0.3, -0.25) is 9.69 Å². The van der Waals surface area contributed by atoms with E-state index in [1.165, 1.54) is 25.7 Å². The monoisotopic (exact) mass is 397 g/mol. The third-order valence-electron chi connectivity index (χ3n) is 4.75. The Morgan fingerprint density at radius 1 is 1.33 bits per heavy atom. The molecule has 1 amide bonds. The summed E-state index contributed by atoms with van der Waals surface area (Å²) in [6, 6.07) is 5.45. The molecule has 0 aliphatic carbocycles. The molecular weight excluding hydrogens is 366 g/mol. The molecule has 7 heteroatoms. The first kappa shape index (κ1) is 22.0. The fraction of sp³-hybridized carbons (Fsp3) is 0.650. The van der Waals surface area contributed by atoms with Crippen molar-refractivity contribution >= 4 is 17.5 Å². The second-order valence-electron chi connectivity index (χ2n) is 7.28. The Morgan fingerprint density at radius 3 is 2.70 bits per heavy atom. The van der Waals surface area contributed by atoms with Crippen LogP contribution in [0.25, 0.3) is 0 Å². The quantitative estimate of drug-likeness (QED) is 0.668. The largest absolute Gasteiger partial charge is 0.491 e. The second-order valence-corrected chi connectivity index (χ2v) is 7.71. The van der Waals surface area contributed by atoms with Crippen LogP contribution in [-0.2, 0) is 11.3 Å². The lowest BCUT2D eigenvalue weighted by atomic mass is 10.2. The Balaban J connectivity index is 1.90. The molecule has 1 aromatic carbocycles. The number of likely N-dealkylation sites (N-methyl/N-ethyl adjacent to an activating group) is 2. The highest BCUT2D eigenvalue weighted by molar-refractivity contribution is 6.30. The van der Waals surface area contributed by atoms with Crippen molar-refractivity contribution in [3.8, 4) is 5.75 Å². The lowest BCUT2D eigenvalue weighted by Crippen LogP contribution is -2.36. The first-order valence-electron chi connectivity index (χ1n) is 9.68. The molecule has 1 aliphatic rings. The van der Waals surface area contributed by atoms with E-state index in [0.717, 1.165) is 18.7 Å². The highest BCUT2D eigenvalue weighted by Crippen LogP contribution is 2.24. The minimum atomic E-state index is -0.532. The average Bonchev–Trinajstić information content (AvgIpc) is 2.89. The van der Waals surface area contributed by atoms with Crippen molar-refractivity contribution < 1.29 is 14.6 Å². The van der Waals surface area contributed by atoms with Gasteiger partial charge in [0, 0.05) is 30.7 Å². The number of nitrogens with one attached hydrogen (secondary N) is 1. The molecule has 2 rings (SSSR count). The van der Waals surface area contributed by atoms with Gasteiger partial charge in [0.25, 0.3) is 0 Å². The molecule has 1 aromatic rings. The van der Waals surface area contributed by atoms with E-state index in [0.29, 0.717) is 30.4 Å². The number of ether oxygens (including phenoxy) is 1. The maximum Gasteiger partial charge on any atom is 0.233 e. The number of carbonyl (C=O) groups is 1. The summed E-state index contributed by atoms with van der Waals surface area (Å²) in [6.45, 7) is 3.80. The van der Waals surface area contributed by atoms with E-state index < -0.39 is 6.10 Å². The number of rotatable bonds is 9. The summed E-state index contributed by atoms with van der Waals surface area (Å²) >= 11 is 6.13. The van der Waals surface area contributed by atoms with E-state index in [-0.39, 0.29) is 12.5 Å². The number of benzene rings is 1. The molecule has 1 fully saturated rings. The van der Waals surface area contributed by atoms with Gasteiger partial charge in [-0.15, -0.1) is 0 Å². The number of likely N-dealkylation sites (tertiary alicyclic amines) is 1. The van der Waals surface area contributed by atoms with E-state index in [4.69, 9.17) is 16.3 Å². The minimum Gasteiger partial charge on any atom is -0.491 e. The number of carbonyl (C=O) groups excluding carboxylic acids is 1. The van der Waals surface area contributed by atoms with Gasteiger partial charge in [0.05, 0.1) is 6.54 Å². The Bertz CT molecular complexity index is 592. The van der Waals surface area contributed by atoms with Gasteiger partial charge in [-0.1, -0.05) is 24.4 Å². The molecule has 0 radical (unpaired) electrons. The van der Waals surface area contributed by atoms with Crippen LogP contribution in [0.15, 0.2) is 18.2 Å². The number of hydrogen-bond donors (Lipinski definition) is 2. The molecular formula is C20H32ClN3O3. The van der Waals surface area contributed by atoms with E-state index in [1.807, 2.05) is 24.1 Å². The van der Waals surface area contributed by atoms with E-state index in [2.05, 4.69) is 10.2 Å². The van der Waals surface area contributed by atoms with E-state index in [9.17, 15) is 9.90 Å². The number of nitrogens with zero attached hydrogens (tertiary/aromatic N) is 2. The van der Waals surface area contributed by atoms with Crippen LogP contribution in [0.5, 0.6) is 5.75 Å². The summed E-state index contributed by atoms with van der Waals surface area (Å²) < 4.78 is 5.90. The van der Waals surface area contributed by atoms with E-state index >= 15 is 0 Å². The number of aliphatic hydroxyl groups excluding tert-OH is 1. The summed E-state index contributed by atoms with van der Waals surface area (Å²) in [4.78, 5) is 15.8. The van der Waals surface area contributed by atoms with Crippen molar-refractivity contribution in [3.63, 3.8) is 0 Å². The van der Waals surface area contributed by atoms with Crippen LogP contribution in [0.3, 0.4) is 0 Å². The fourth-order valence-corrected chi connectivity index (χ4v) is 3.53. The van der Waals surface area contributed by atoms with Crippen LogP contribution in [0.4, 0.5) is 0 Å². The number of halogens is 1. The molecule has 1 saturated heterocycles. The maximum atomic E-state index is 11.5. The van der Waals surface area contributed by atoms with Crippen LogP contribution in [0.1, 0.15) is 31.2 Å². The minimum absolute atomic E-state index is 0.0464. The first-order chi connectivity index (χ1) is 13.0. The van der Waals surface area contributed by atoms with Crippen LogP contribution in [0.2, 0.25) is 5.02 Å². The van der Waals surface area contributed by atoms with Crippen molar-refractivity contribution in [3.05, 3.63) is 28.8 Å². The van der Waals surface area contributed by atoms with Crippen molar-refractivity contribution in [2.45, 2.75) is 38.3 Å². The zero-order valence-corrected chi connectivity index (χ0v) is 17.2. The van der Waals surface area contributed by atoms with E-state index in [1.54, 1.807) is 13.1 Å². The summed E-state index contributed by atoms with van der Waals surface area (Å²) in [6.07, 6.45) is 4.43. The third-order valence-corrected chi connectivity index (χ3v) is 4.99. The molecule has 0 spiro atoms. The Hall–Kier alpha value is -1.34. The lowest BCUT2D eigenvalue weighted by molar-refractivity contribution is -0.121. The van der Waals surface area contributed by atoms with Gasteiger partial charge in [0.2, 0.25) is 5.91 Å². The molecule has 1 atom stereocenters. The predicted molar refractivity (Wildman–Crippen MR) is 108 cm³/mol. The number of β-amino-alcohol motifs (C(OH)–C–C–N with tert-alkyl or cyclic N) is 1. The zero-order valence-electron chi connectivity index (χ0n) is 16.4. The topological polar surface area (TPSA) is 65.0 Å². The summed E-state index contributed by atoms with van der Waals surface area (Å²) in [5, 5.41) is 13.6. The maximum absolute atomic E-state index is 11.5. The van der Waals surface area contributed by atoms with Gasteiger partial charge in [-0.05, 0) is 51.2 Å². The summed E-state index contributed by atoms with van der Waals surface area (Å²) in [5.74, 6) is 0.646. The smallest absolute Gasteiger partial charge is 0.233 e. The SMILES string of the molecule is CNC(=O)CN(C)Cc1cc(Cl)ccc1OC[C@H](O)CN1CCCCCC1. The Morgan fingerprint density at radius 2 is 2.04 bits per heavy atom. The summed E-state index contributed by atoms with van der Waals surface area (Å²) in [7, 11) is 3.49. The fourth-order valence-electron chi connectivity index (χ4n) is 3.34. The van der Waals surface area contributed by atoms with Crippen LogP contribution in [0, 0.1) is 0 Å². The highest BCUT2D eigenvalue weighted by atomic mass is 35.5. The molecule has 0 saturated carbocycles. The molecule has 1 aliphatic heterocycles. The van der Waals surface area contributed by atoms with Gasteiger partial charge >= 0.3 is 0 Å². The van der Waals surface area contributed by atoms with Crippen LogP contribution >= 0.6 is 11.6 Å². The normalized spacial score (nSPS) is 16.8. The molecule has 0 bridgehead atoms. The van der Waals surface area contributed by atoms with Gasteiger partial charge < -0.3 is 20.1 Å². The van der Waals surface area contributed by atoms with Crippen LogP contribution in [-0.4, -0.2) is 73.8 Å². The standard InChI is InChI=1S/C20H32ClN3O3/c1-22-20(26)14-23(2)12-16-11-17(21)7-8-19(16)27-15-18(25)13-24-9-5-3-4-6-10-24/h7-8,11,18,25H,3-6,9-10,12-15H2,1-2H3,(H,22,26)/t18-/m1/s1. The molecule has 152 valence electrons. The van der Waals surface area contributed by atoms with Crippen molar-refractivity contribution in [2.24, 2.45) is 0 Å². The van der Waals surface area contributed by atoms with Crippen molar-refractivity contribution in [2.75, 3.05) is 46.9 Å². The summed E-state index contributed by atoms with van der Waals surface area (Å²) in [5.41, 5.74) is 0.899.